The van der Waals surface area contributed by atoms with Crippen LogP contribution in [-0.2, 0) is 27.3 Å². The number of carboxylic acids is 1. The highest BCUT2D eigenvalue weighted by molar-refractivity contribution is 8.13. The lowest BCUT2D eigenvalue weighted by Gasteiger charge is -2.36. The van der Waals surface area contributed by atoms with Crippen molar-refractivity contribution in [3.05, 3.63) is 28.8 Å². The molecule has 2 rings (SSSR count). The molecule has 0 spiro atoms. The van der Waals surface area contributed by atoms with Crippen LogP contribution < -0.4 is 0 Å². The smallest absolute Gasteiger partial charge is 0.326 e. The van der Waals surface area contributed by atoms with Crippen molar-refractivity contribution in [1.29, 1.82) is 0 Å². The van der Waals surface area contributed by atoms with E-state index in [0.717, 1.165) is 22.9 Å². The molecule has 1 aromatic carbocycles. The molecule has 1 heterocycles. The van der Waals surface area contributed by atoms with E-state index in [4.69, 9.17) is 0 Å². The van der Waals surface area contributed by atoms with Crippen molar-refractivity contribution >= 4 is 28.8 Å². The van der Waals surface area contributed by atoms with Gasteiger partial charge in [-0.05, 0) is 29.7 Å². The summed E-state index contributed by atoms with van der Waals surface area (Å²) in [5.74, 6) is -1.34. The number of carboxylic acid groups (broad SMARTS) is 1. The predicted octanol–water partition coefficient (Wildman–Crippen LogP) is 1.95. The number of carbonyl (C=O) groups excluding carboxylic acids is 2. The lowest BCUT2D eigenvalue weighted by molar-refractivity contribution is -0.152. The molecule has 0 bridgehead atoms. The van der Waals surface area contributed by atoms with Crippen LogP contribution in [0.4, 0.5) is 0 Å². The second-order valence-corrected chi connectivity index (χ2v) is 7.33. The van der Waals surface area contributed by atoms with Crippen LogP contribution in [0, 0.1) is 12.8 Å². The molecule has 130 valence electrons. The maximum Gasteiger partial charge on any atom is 0.326 e. The van der Waals surface area contributed by atoms with E-state index in [0.29, 0.717) is 11.3 Å². The fourth-order valence-electron chi connectivity index (χ4n) is 2.80. The van der Waals surface area contributed by atoms with Crippen LogP contribution in [-0.4, -0.2) is 43.9 Å². The monoisotopic (exact) mass is 351 g/mol. The van der Waals surface area contributed by atoms with Gasteiger partial charge in [-0.2, -0.15) is 0 Å². The summed E-state index contributed by atoms with van der Waals surface area (Å²) in [6, 6.07) is 2.44. The summed E-state index contributed by atoms with van der Waals surface area (Å²) in [4.78, 5) is 36.7. The Balaban J connectivity index is 2.26. The maximum absolute atomic E-state index is 12.7. The van der Waals surface area contributed by atoms with Crippen molar-refractivity contribution in [3.8, 4) is 5.75 Å². The average molecular weight is 351 g/mol. The Bertz CT molecular complexity index is 688. The molecule has 0 saturated heterocycles. The Hall–Kier alpha value is -2.02. The molecule has 7 heteroatoms. The summed E-state index contributed by atoms with van der Waals surface area (Å²) < 4.78 is 0. The number of phenols is 1. The summed E-state index contributed by atoms with van der Waals surface area (Å²) in [6.07, 6.45) is 0.212. The number of nitrogens with zero attached hydrogens (tertiary/aromatic N) is 1. The van der Waals surface area contributed by atoms with E-state index in [-0.39, 0.29) is 29.7 Å². The molecule has 24 heavy (non-hydrogen) atoms. The lowest BCUT2D eigenvalue weighted by Crippen LogP contribution is -2.50. The summed E-state index contributed by atoms with van der Waals surface area (Å²) in [5.41, 5.74) is 2.28. The van der Waals surface area contributed by atoms with Crippen LogP contribution >= 0.6 is 11.8 Å². The van der Waals surface area contributed by atoms with E-state index in [1.807, 2.05) is 0 Å². The third-order valence-electron chi connectivity index (χ3n) is 4.17. The minimum atomic E-state index is -1.05. The first-order valence-electron chi connectivity index (χ1n) is 7.68. The largest absolute Gasteiger partial charge is 0.508 e. The van der Waals surface area contributed by atoms with Gasteiger partial charge in [-0.15, -0.1) is 0 Å². The third-order valence-corrected chi connectivity index (χ3v) is 5.25. The molecule has 2 N–H and O–H groups in total. The number of fused-ring (bicyclic) bond motifs is 1. The van der Waals surface area contributed by atoms with Crippen LogP contribution in [0.5, 0.6) is 5.75 Å². The average Bonchev–Trinajstić information content (AvgIpc) is 2.51. The van der Waals surface area contributed by atoms with Gasteiger partial charge in [-0.25, -0.2) is 4.79 Å². The van der Waals surface area contributed by atoms with Gasteiger partial charge in [0, 0.05) is 31.6 Å². The maximum atomic E-state index is 12.7. The number of aryl methyl sites for hydroxylation is 1. The van der Waals surface area contributed by atoms with Crippen molar-refractivity contribution < 1.29 is 24.6 Å². The molecular formula is C17H21NO5S. The zero-order valence-electron chi connectivity index (χ0n) is 13.9. The fourth-order valence-corrected chi connectivity index (χ4v) is 3.43. The van der Waals surface area contributed by atoms with Gasteiger partial charge in [0.2, 0.25) is 5.91 Å². The van der Waals surface area contributed by atoms with Gasteiger partial charge in [0.1, 0.15) is 11.8 Å². The molecule has 1 aromatic rings. The van der Waals surface area contributed by atoms with Gasteiger partial charge in [-0.1, -0.05) is 24.8 Å². The molecule has 0 fully saturated rings. The Labute approximate surface area is 144 Å². The molecule has 0 saturated carbocycles. The van der Waals surface area contributed by atoms with Crippen LogP contribution in [0.3, 0.4) is 0 Å². The number of benzene rings is 1. The highest BCUT2D eigenvalue weighted by atomic mass is 32.2. The van der Waals surface area contributed by atoms with Crippen LogP contribution in [0.2, 0.25) is 0 Å². The van der Waals surface area contributed by atoms with E-state index in [1.165, 1.54) is 11.8 Å². The Morgan fingerprint density at radius 1 is 1.33 bits per heavy atom. The summed E-state index contributed by atoms with van der Waals surface area (Å²) >= 11 is 1.06. The summed E-state index contributed by atoms with van der Waals surface area (Å²) in [6.45, 7) is 5.03. The van der Waals surface area contributed by atoms with Gasteiger partial charge in [0.25, 0.3) is 0 Å². The second-order valence-electron chi connectivity index (χ2n) is 6.14. The molecule has 6 nitrogen and oxygen atoms in total. The first kappa shape index (κ1) is 18.3. The summed E-state index contributed by atoms with van der Waals surface area (Å²) in [7, 11) is 0. The Kier molecular flexibility index (Phi) is 5.54. The van der Waals surface area contributed by atoms with Crippen molar-refractivity contribution in [2.45, 2.75) is 39.8 Å². The zero-order valence-corrected chi connectivity index (χ0v) is 14.7. The number of rotatable bonds is 4. The van der Waals surface area contributed by atoms with Crippen molar-refractivity contribution in [2.75, 3.05) is 5.75 Å². The number of amides is 1. The molecule has 2 atom stereocenters. The lowest BCUT2D eigenvalue weighted by atomic mass is 9.91. The summed E-state index contributed by atoms with van der Waals surface area (Å²) in [5, 5.41) is 19.3. The van der Waals surface area contributed by atoms with Crippen molar-refractivity contribution in [2.24, 2.45) is 5.92 Å². The molecule has 0 aliphatic carbocycles. The quantitative estimate of drug-likeness (QED) is 0.861. The highest BCUT2D eigenvalue weighted by Crippen LogP contribution is 2.30. The van der Waals surface area contributed by atoms with E-state index < -0.39 is 17.9 Å². The zero-order chi connectivity index (χ0) is 18.0. The van der Waals surface area contributed by atoms with E-state index in [1.54, 1.807) is 26.0 Å². The number of aromatic hydroxyl groups is 1. The molecule has 0 aromatic heterocycles. The van der Waals surface area contributed by atoms with E-state index >= 15 is 0 Å². The highest BCUT2D eigenvalue weighted by Gasteiger charge is 2.36. The number of aliphatic carboxylic acids is 1. The SMILES string of the molecule is CC(=O)SCC(C)C(=O)N1Cc2cc(O)c(C)cc2CC1C(=O)O. The number of hydrogen-bond acceptors (Lipinski definition) is 5. The van der Waals surface area contributed by atoms with Crippen molar-refractivity contribution in [3.63, 3.8) is 0 Å². The molecule has 0 radical (unpaired) electrons. The number of carbonyl (C=O) groups is 3. The predicted molar refractivity (Wildman–Crippen MR) is 90.8 cm³/mol. The minimum Gasteiger partial charge on any atom is -0.508 e. The molecule has 2 unspecified atom stereocenters. The van der Waals surface area contributed by atoms with E-state index in [2.05, 4.69) is 0 Å². The molecule has 1 aliphatic rings. The van der Waals surface area contributed by atoms with Gasteiger partial charge in [-0.3, -0.25) is 9.59 Å². The standard InChI is InChI=1S/C17H21NO5S/c1-9-4-12-5-14(17(22)23)18(7-13(12)6-15(9)20)16(21)10(2)8-24-11(3)19/h4,6,10,14,20H,5,7-8H2,1-3H3,(H,22,23). The molecule has 1 amide bonds. The number of phenolic OH excluding ortho intramolecular Hbond substituents is 1. The van der Waals surface area contributed by atoms with Crippen LogP contribution in [0.25, 0.3) is 0 Å². The van der Waals surface area contributed by atoms with Crippen LogP contribution in [0.1, 0.15) is 30.5 Å². The second kappa shape index (κ2) is 7.25. The van der Waals surface area contributed by atoms with Gasteiger partial charge >= 0.3 is 5.97 Å². The van der Waals surface area contributed by atoms with Gasteiger partial charge < -0.3 is 15.1 Å². The molecule has 1 aliphatic heterocycles. The van der Waals surface area contributed by atoms with Crippen LogP contribution in [0.15, 0.2) is 12.1 Å². The van der Waals surface area contributed by atoms with Gasteiger partial charge in [0.15, 0.2) is 5.12 Å². The third kappa shape index (κ3) is 3.90. The Morgan fingerprint density at radius 3 is 2.58 bits per heavy atom. The normalized spacial score (nSPS) is 18.0. The topological polar surface area (TPSA) is 94.9 Å². The number of thioether (sulfide) groups is 1. The first-order valence-corrected chi connectivity index (χ1v) is 8.67. The minimum absolute atomic E-state index is 0.0752. The van der Waals surface area contributed by atoms with E-state index in [9.17, 15) is 24.6 Å². The van der Waals surface area contributed by atoms with Crippen molar-refractivity contribution in [1.82, 2.24) is 4.90 Å². The fraction of sp³-hybridized carbons (Fsp3) is 0.471. The first-order chi connectivity index (χ1) is 11.2. The number of hydrogen-bond donors (Lipinski definition) is 2. The molecular weight excluding hydrogens is 330 g/mol. The Morgan fingerprint density at radius 2 is 2.00 bits per heavy atom. The van der Waals surface area contributed by atoms with Gasteiger partial charge in [0.05, 0.1) is 0 Å².